The second-order valence-electron chi connectivity index (χ2n) is 5.94. The van der Waals surface area contributed by atoms with Crippen molar-refractivity contribution in [2.75, 3.05) is 20.1 Å². The number of carbonyl (C=O) groups excluding carboxylic acids is 2. The summed E-state index contributed by atoms with van der Waals surface area (Å²) >= 11 is 0. The third-order valence-electron chi connectivity index (χ3n) is 4.29. The van der Waals surface area contributed by atoms with Crippen molar-refractivity contribution in [2.45, 2.75) is 25.8 Å². The van der Waals surface area contributed by atoms with Gasteiger partial charge in [0.15, 0.2) is 0 Å². The SMILES string of the molecule is CC(c1ccccc1)N1CC(C(=O)N(C)CCC(=O)O)CC1=O. The minimum Gasteiger partial charge on any atom is -0.481 e. The molecule has 1 aliphatic rings. The highest BCUT2D eigenvalue weighted by Crippen LogP contribution is 2.29. The Bertz CT molecular complexity index is 588. The average Bonchev–Trinajstić information content (AvgIpc) is 2.93. The van der Waals surface area contributed by atoms with Crippen molar-refractivity contribution in [3.63, 3.8) is 0 Å². The second kappa shape index (κ2) is 7.26. The first-order chi connectivity index (χ1) is 10.9. The fourth-order valence-electron chi connectivity index (χ4n) is 2.87. The fraction of sp³-hybridized carbons (Fsp3) is 0.471. The highest BCUT2D eigenvalue weighted by Gasteiger charge is 2.38. The van der Waals surface area contributed by atoms with Crippen molar-refractivity contribution < 1.29 is 19.5 Å². The number of carboxylic acid groups (broad SMARTS) is 1. The molecule has 1 aliphatic heterocycles. The quantitative estimate of drug-likeness (QED) is 0.863. The number of rotatable bonds is 6. The molecule has 23 heavy (non-hydrogen) atoms. The van der Waals surface area contributed by atoms with Crippen LogP contribution in [0.1, 0.15) is 31.4 Å². The van der Waals surface area contributed by atoms with E-state index in [1.807, 2.05) is 37.3 Å². The predicted octanol–water partition coefficient (Wildman–Crippen LogP) is 1.53. The van der Waals surface area contributed by atoms with Crippen molar-refractivity contribution in [3.05, 3.63) is 35.9 Å². The third kappa shape index (κ3) is 4.09. The van der Waals surface area contributed by atoms with Gasteiger partial charge in [-0.15, -0.1) is 0 Å². The van der Waals surface area contributed by atoms with E-state index in [1.54, 1.807) is 11.9 Å². The average molecular weight is 318 g/mol. The van der Waals surface area contributed by atoms with Gasteiger partial charge in [-0.1, -0.05) is 30.3 Å². The molecule has 1 N–H and O–H groups in total. The van der Waals surface area contributed by atoms with Gasteiger partial charge in [0.2, 0.25) is 11.8 Å². The van der Waals surface area contributed by atoms with Crippen LogP contribution in [-0.4, -0.2) is 52.8 Å². The van der Waals surface area contributed by atoms with Gasteiger partial charge in [0.25, 0.3) is 0 Å². The van der Waals surface area contributed by atoms with Crippen LogP contribution in [0.3, 0.4) is 0 Å². The molecule has 2 rings (SSSR count). The Balaban J connectivity index is 1.99. The second-order valence-corrected chi connectivity index (χ2v) is 5.94. The van der Waals surface area contributed by atoms with E-state index in [2.05, 4.69) is 0 Å². The van der Waals surface area contributed by atoms with E-state index in [9.17, 15) is 14.4 Å². The van der Waals surface area contributed by atoms with Gasteiger partial charge in [0, 0.05) is 26.6 Å². The Labute approximate surface area is 135 Å². The molecule has 0 aromatic heterocycles. The van der Waals surface area contributed by atoms with Crippen molar-refractivity contribution >= 4 is 17.8 Å². The first kappa shape index (κ1) is 17.0. The largest absolute Gasteiger partial charge is 0.481 e. The first-order valence-electron chi connectivity index (χ1n) is 7.71. The first-order valence-corrected chi connectivity index (χ1v) is 7.71. The lowest BCUT2D eigenvalue weighted by Gasteiger charge is -2.26. The minimum absolute atomic E-state index is 0.0358. The molecule has 6 nitrogen and oxygen atoms in total. The lowest BCUT2D eigenvalue weighted by atomic mass is 10.1. The number of amides is 2. The van der Waals surface area contributed by atoms with Gasteiger partial charge in [-0.3, -0.25) is 14.4 Å². The molecule has 124 valence electrons. The Hall–Kier alpha value is -2.37. The lowest BCUT2D eigenvalue weighted by molar-refractivity contribution is -0.139. The highest BCUT2D eigenvalue weighted by molar-refractivity contribution is 5.89. The minimum atomic E-state index is -0.938. The van der Waals surface area contributed by atoms with Crippen molar-refractivity contribution in [1.29, 1.82) is 0 Å². The van der Waals surface area contributed by atoms with Crippen LogP contribution in [0.25, 0.3) is 0 Å². The van der Waals surface area contributed by atoms with Crippen LogP contribution in [0.4, 0.5) is 0 Å². The molecular weight excluding hydrogens is 296 g/mol. The molecule has 0 aliphatic carbocycles. The van der Waals surface area contributed by atoms with Gasteiger partial charge in [-0.25, -0.2) is 0 Å². The Kier molecular flexibility index (Phi) is 5.36. The summed E-state index contributed by atoms with van der Waals surface area (Å²) in [5.41, 5.74) is 1.04. The number of hydrogen-bond donors (Lipinski definition) is 1. The molecule has 0 radical (unpaired) electrons. The molecule has 1 fully saturated rings. The number of likely N-dealkylation sites (tertiary alicyclic amines) is 1. The predicted molar refractivity (Wildman–Crippen MR) is 84.6 cm³/mol. The van der Waals surface area contributed by atoms with E-state index < -0.39 is 11.9 Å². The lowest BCUT2D eigenvalue weighted by Crippen LogP contribution is -2.36. The zero-order valence-electron chi connectivity index (χ0n) is 13.4. The summed E-state index contributed by atoms with van der Waals surface area (Å²) in [6.45, 7) is 2.49. The fourth-order valence-corrected chi connectivity index (χ4v) is 2.87. The van der Waals surface area contributed by atoms with E-state index in [0.29, 0.717) is 6.54 Å². The zero-order valence-corrected chi connectivity index (χ0v) is 13.4. The number of aliphatic carboxylic acids is 1. The van der Waals surface area contributed by atoms with Crippen molar-refractivity contribution in [3.8, 4) is 0 Å². The zero-order chi connectivity index (χ0) is 17.0. The Morgan fingerprint density at radius 3 is 2.61 bits per heavy atom. The van der Waals surface area contributed by atoms with Gasteiger partial charge in [0.05, 0.1) is 18.4 Å². The molecule has 0 bridgehead atoms. The van der Waals surface area contributed by atoms with E-state index in [0.717, 1.165) is 5.56 Å². The van der Waals surface area contributed by atoms with Crippen LogP contribution >= 0.6 is 0 Å². The van der Waals surface area contributed by atoms with Gasteiger partial charge in [0.1, 0.15) is 0 Å². The third-order valence-corrected chi connectivity index (χ3v) is 4.29. The molecule has 0 spiro atoms. The van der Waals surface area contributed by atoms with Crippen LogP contribution < -0.4 is 0 Å². The summed E-state index contributed by atoms with van der Waals surface area (Å²) in [5, 5.41) is 8.69. The summed E-state index contributed by atoms with van der Waals surface area (Å²) in [5.74, 6) is -1.53. The summed E-state index contributed by atoms with van der Waals surface area (Å²) in [6, 6.07) is 9.62. The maximum absolute atomic E-state index is 12.4. The molecule has 6 heteroatoms. The molecule has 1 heterocycles. The molecule has 1 saturated heterocycles. The van der Waals surface area contributed by atoms with E-state index in [1.165, 1.54) is 4.90 Å². The summed E-state index contributed by atoms with van der Waals surface area (Å²) in [7, 11) is 1.58. The normalized spacial score (nSPS) is 18.8. The highest BCUT2D eigenvalue weighted by atomic mass is 16.4. The van der Waals surface area contributed by atoms with Crippen LogP contribution in [0.15, 0.2) is 30.3 Å². The summed E-state index contributed by atoms with van der Waals surface area (Å²) < 4.78 is 0. The summed E-state index contributed by atoms with van der Waals surface area (Å²) in [4.78, 5) is 38.3. The maximum atomic E-state index is 12.4. The van der Waals surface area contributed by atoms with E-state index in [-0.39, 0.29) is 37.2 Å². The van der Waals surface area contributed by atoms with Crippen LogP contribution in [0, 0.1) is 5.92 Å². The van der Waals surface area contributed by atoms with Gasteiger partial charge in [-0.05, 0) is 12.5 Å². The summed E-state index contributed by atoms with van der Waals surface area (Å²) in [6.07, 6.45) is 0.0977. The van der Waals surface area contributed by atoms with Gasteiger partial charge < -0.3 is 14.9 Å². The van der Waals surface area contributed by atoms with Gasteiger partial charge >= 0.3 is 5.97 Å². The van der Waals surface area contributed by atoms with Gasteiger partial charge in [-0.2, -0.15) is 0 Å². The number of hydrogen-bond acceptors (Lipinski definition) is 3. The molecule has 2 unspecified atom stereocenters. The Morgan fingerprint density at radius 2 is 2.00 bits per heavy atom. The smallest absolute Gasteiger partial charge is 0.305 e. The maximum Gasteiger partial charge on any atom is 0.305 e. The molecule has 1 aromatic carbocycles. The molecular formula is C17H22N2O4. The van der Waals surface area contributed by atoms with Crippen molar-refractivity contribution in [2.24, 2.45) is 5.92 Å². The monoisotopic (exact) mass is 318 g/mol. The van der Waals surface area contributed by atoms with Crippen molar-refractivity contribution in [1.82, 2.24) is 9.80 Å². The number of carboxylic acids is 1. The van der Waals surface area contributed by atoms with E-state index in [4.69, 9.17) is 5.11 Å². The molecule has 1 aromatic rings. The van der Waals surface area contributed by atoms with Crippen LogP contribution in [0.2, 0.25) is 0 Å². The number of carbonyl (C=O) groups is 3. The van der Waals surface area contributed by atoms with Crippen LogP contribution in [0.5, 0.6) is 0 Å². The molecule has 0 saturated carbocycles. The number of nitrogens with zero attached hydrogens (tertiary/aromatic N) is 2. The molecule has 2 atom stereocenters. The van der Waals surface area contributed by atoms with Crippen LogP contribution in [-0.2, 0) is 14.4 Å². The molecule has 2 amide bonds. The standard InChI is InChI=1S/C17H22N2O4/c1-12(13-6-4-3-5-7-13)19-11-14(10-15(19)20)17(23)18(2)9-8-16(21)22/h3-7,12,14H,8-11H2,1-2H3,(H,21,22). The van der Waals surface area contributed by atoms with E-state index >= 15 is 0 Å². The Morgan fingerprint density at radius 1 is 1.35 bits per heavy atom. The number of benzene rings is 1. The topological polar surface area (TPSA) is 77.9 Å².